The number of methoxy groups -OCH3 is 1. The number of nitrogens with zero attached hydrogens (tertiary/aromatic N) is 1. The van der Waals surface area contributed by atoms with E-state index in [9.17, 15) is 9.59 Å². The highest BCUT2D eigenvalue weighted by atomic mass is 16.5. The van der Waals surface area contributed by atoms with Gasteiger partial charge in [0.2, 0.25) is 0 Å². The molecule has 0 atom stereocenters. The Hall–Kier alpha value is -2.89. The van der Waals surface area contributed by atoms with Crippen molar-refractivity contribution in [2.45, 2.75) is 26.2 Å². The molecule has 0 fully saturated rings. The van der Waals surface area contributed by atoms with Crippen LogP contribution in [0.25, 0.3) is 0 Å². The summed E-state index contributed by atoms with van der Waals surface area (Å²) in [5.74, 6) is 0.130. The van der Waals surface area contributed by atoms with Crippen molar-refractivity contribution in [2.24, 2.45) is 0 Å². The Morgan fingerprint density at radius 3 is 2.36 bits per heavy atom. The predicted octanol–water partition coefficient (Wildman–Crippen LogP) is 3.53. The minimum atomic E-state index is -0.376. The third kappa shape index (κ3) is 5.60. The van der Waals surface area contributed by atoms with E-state index in [1.54, 1.807) is 42.6 Å². The number of aromatic nitrogens is 1. The summed E-state index contributed by atoms with van der Waals surface area (Å²) in [6, 6.07) is 10.4. The Labute approximate surface area is 147 Å². The molecule has 0 aliphatic carbocycles. The molecule has 2 rings (SSSR count). The quantitative estimate of drug-likeness (QED) is 0.567. The molecule has 0 aliphatic rings. The van der Waals surface area contributed by atoms with Crippen molar-refractivity contribution in [3.05, 3.63) is 53.7 Å². The molecule has 132 valence electrons. The fourth-order valence-electron chi connectivity index (χ4n) is 2.24. The number of hydrogen-bond donors (Lipinski definition) is 2. The van der Waals surface area contributed by atoms with Gasteiger partial charge in [0.1, 0.15) is 5.82 Å². The lowest BCUT2D eigenvalue weighted by Gasteiger charge is -2.08. The highest BCUT2D eigenvalue weighted by molar-refractivity contribution is 5.94. The largest absolute Gasteiger partial charge is 0.465 e. The van der Waals surface area contributed by atoms with Gasteiger partial charge in [0, 0.05) is 18.4 Å². The van der Waals surface area contributed by atoms with Crippen molar-refractivity contribution in [1.82, 2.24) is 10.3 Å². The van der Waals surface area contributed by atoms with Crippen molar-refractivity contribution in [1.29, 1.82) is 0 Å². The van der Waals surface area contributed by atoms with E-state index in [0.717, 1.165) is 24.9 Å². The molecule has 0 unspecified atom stereocenters. The first-order valence-electron chi connectivity index (χ1n) is 8.33. The standard InChI is InChI=1S/C19H23N3O3/c1-3-4-5-12-20-18(23)15-8-11-17(21-13-15)22-16-9-6-14(7-10-16)19(24)25-2/h6-11,13H,3-5,12H2,1-2H3,(H,20,23)(H,21,22). The van der Waals surface area contributed by atoms with Gasteiger partial charge in [-0.15, -0.1) is 0 Å². The van der Waals surface area contributed by atoms with Crippen LogP contribution in [0.4, 0.5) is 11.5 Å². The normalized spacial score (nSPS) is 10.2. The average molecular weight is 341 g/mol. The Morgan fingerprint density at radius 2 is 1.76 bits per heavy atom. The summed E-state index contributed by atoms with van der Waals surface area (Å²) < 4.78 is 4.66. The van der Waals surface area contributed by atoms with Gasteiger partial charge in [-0.05, 0) is 42.8 Å². The van der Waals surface area contributed by atoms with Crippen molar-refractivity contribution in [3.63, 3.8) is 0 Å². The maximum absolute atomic E-state index is 12.0. The number of rotatable bonds is 8. The average Bonchev–Trinajstić information content (AvgIpc) is 2.65. The van der Waals surface area contributed by atoms with Gasteiger partial charge in [0.05, 0.1) is 18.2 Å². The van der Waals surface area contributed by atoms with E-state index in [1.165, 1.54) is 7.11 Å². The number of carbonyl (C=O) groups is 2. The number of amides is 1. The van der Waals surface area contributed by atoms with Crippen molar-refractivity contribution < 1.29 is 14.3 Å². The van der Waals surface area contributed by atoms with Gasteiger partial charge in [-0.1, -0.05) is 19.8 Å². The fourth-order valence-corrected chi connectivity index (χ4v) is 2.24. The third-order valence-electron chi connectivity index (χ3n) is 3.67. The number of unbranched alkanes of at least 4 members (excludes halogenated alkanes) is 2. The monoisotopic (exact) mass is 341 g/mol. The lowest BCUT2D eigenvalue weighted by atomic mass is 10.2. The number of benzene rings is 1. The summed E-state index contributed by atoms with van der Waals surface area (Å²) in [6.45, 7) is 2.81. The molecular formula is C19H23N3O3. The van der Waals surface area contributed by atoms with Gasteiger partial charge in [-0.2, -0.15) is 0 Å². The molecule has 0 bridgehead atoms. The van der Waals surface area contributed by atoms with Crippen LogP contribution < -0.4 is 10.6 Å². The molecule has 0 spiro atoms. The molecule has 1 amide bonds. The molecule has 2 N–H and O–H groups in total. The van der Waals surface area contributed by atoms with Gasteiger partial charge >= 0.3 is 5.97 Å². The third-order valence-corrected chi connectivity index (χ3v) is 3.67. The van der Waals surface area contributed by atoms with Crippen molar-refractivity contribution in [3.8, 4) is 0 Å². The first-order valence-corrected chi connectivity index (χ1v) is 8.33. The second-order valence-corrected chi connectivity index (χ2v) is 5.59. The summed E-state index contributed by atoms with van der Waals surface area (Å²) in [4.78, 5) is 27.6. The molecule has 0 saturated heterocycles. The topological polar surface area (TPSA) is 80.3 Å². The van der Waals surface area contributed by atoms with Crippen molar-refractivity contribution in [2.75, 3.05) is 19.0 Å². The van der Waals surface area contributed by atoms with Crippen LogP contribution in [-0.2, 0) is 4.74 Å². The number of ether oxygens (including phenoxy) is 1. The SMILES string of the molecule is CCCCCNC(=O)c1ccc(Nc2ccc(C(=O)OC)cc2)nc1. The maximum atomic E-state index is 12.0. The van der Waals surface area contributed by atoms with E-state index in [2.05, 4.69) is 27.3 Å². The van der Waals surface area contributed by atoms with E-state index in [4.69, 9.17) is 0 Å². The number of esters is 1. The lowest BCUT2D eigenvalue weighted by molar-refractivity contribution is 0.0600. The molecule has 0 radical (unpaired) electrons. The molecule has 1 aromatic heterocycles. The van der Waals surface area contributed by atoms with Crippen LogP contribution in [0.5, 0.6) is 0 Å². The molecule has 0 saturated carbocycles. The maximum Gasteiger partial charge on any atom is 0.337 e. The molecule has 6 heteroatoms. The number of nitrogens with one attached hydrogen (secondary N) is 2. The smallest absolute Gasteiger partial charge is 0.337 e. The zero-order valence-electron chi connectivity index (χ0n) is 14.5. The molecule has 0 aliphatic heterocycles. The highest BCUT2D eigenvalue weighted by Crippen LogP contribution is 2.16. The molecule has 6 nitrogen and oxygen atoms in total. The minimum Gasteiger partial charge on any atom is -0.465 e. The number of carbonyl (C=O) groups excluding carboxylic acids is 2. The molecule has 2 aromatic rings. The number of pyridine rings is 1. The highest BCUT2D eigenvalue weighted by Gasteiger charge is 2.07. The van der Waals surface area contributed by atoms with Crippen LogP contribution in [0, 0.1) is 0 Å². The Balaban J connectivity index is 1.91. The first-order chi connectivity index (χ1) is 12.1. The second-order valence-electron chi connectivity index (χ2n) is 5.59. The van der Waals surface area contributed by atoms with Gasteiger partial charge in [-0.25, -0.2) is 9.78 Å². The summed E-state index contributed by atoms with van der Waals surface area (Å²) in [5.41, 5.74) is 1.80. The van der Waals surface area contributed by atoms with E-state index in [0.29, 0.717) is 23.5 Å². The van der Waals surface area contributed by atoms with Crippen LogP contribution in [0.3, 0.4) is 0 Å². The lowest BCUT2D eigenvalue weighted by Crippen LogP contribution is -2.24. The van der Waals surface area contributed by atoms with Crippen LogP contribution in [0.1, 0.15) is 46.9 Å². The number of anilines is 2. The first kappa shape index (κ1) is 18.4. The Bertz CT molecular complexity index is 697. The van der Waals surface area contributed by atoms with E-state index >= 15 is 0 Å². The van der Waals surface area contributed by atoms with Gasteiger partial charge < -0.3 is 15.4 Å². The van der Waals surface area contributed by atoms with E-state index < -0.39 is 0 Å². The molecular weight excluding hydrogens is 318 g/mol. The van der Waals surface area contributed by atoms with Crippen LogP contribution >= 0.6 is 0 Å². The fraction of sp³-hybridized carbons (Fsp3) is 0.316. The molecule has 25 heavy (non-hydrogen) atoms. The van der Waals surface area contributed by atoms with Gasteiger partial charge in [-0.3, -0.25) is 4.79 Å². The van der Waals surface area contributed by atoms with Crippen LogP contribution in [-0.4, -0.2) is 30.5 Å². The minimum absolute atomic E-state index is 0.113. The Morgan fingerprint density at radius 1 is 1.04 bits per heavy atom. The van der Waals surface area contributed by atoms with Gasteiger partial charge in [0.15, 0.2) is 0 Å². The van der Waals surface area contributed by atoms with Crippen molar-refractivity contribution >= 4 is 23.4 Å². The molecule has 1 heterocycles. The zero-order valence-corrected chi connectivity index (χ0v) is 14.5. The van der Waals surface area contributed by atoms with E-state index in [1.807, 2.05) is 0 Å². The van der Waals surface area contributed by atoms with Gasteiger partial charge in [0.25, 0.3) is 5.91 Å². The number of hydrogen-bond acceptors (Lipinski definition) is 5. The summed E-state index contributed by atoms with van der Waals surface area (Å²) in [6.07, 6.45) is 4.76. The van der Waals surface area contributed by atoms with E-state index in [-0.39, 0.29) is 11.9 Å². The molecule has 1 aromatic carbocycles. The summed E-state index contributed by atoms with van der Waals surface area (Å²) >= 11 is 0. The zero-order chi connectivity index (χ0) is 18.1. The van der Waals surface area contributed by atoms with Crippen LogP contribution in [0.2, 0.25) is 0 Å². The predicted molar refractivity (Wildman–Crippen MR) is 97.2 cm³/mol. The van der Waals surface area contributed by atoms with Crippen LogP contribution in [0.15, 0.2) is 42.6 Å². The summed E-state index contributed by atoms with van der Waals surface area (Å²) in [5, 5.41) is 6.00. The summed E-state index contributed by atoms with van der Waals surface area (Å²) in [7, 11) is 1.35. The second kappa shape index (κ2) is 9.42. The Kier molecular flexibility index (Phi) is 6.95.